The summed E-state index contributed by atoms with van der Waals surface area (Å²) >= 11 is 1.50. The Balaban J connectivity index is 1.30. The molecule has 3 aromatic rings. The number of fused-ring (bicyclic) bond motifs is 1. The summed E-state index contributed by atoms with van der Waals surface area (Å²) < 4.78 is 0. The van der Waals surface area contributed by atoms with Crippen LogP contribution in [0.15, 0.2) is 29.1 Å². The average molecular weight is 454 g/mol. The molecule has 1 fully saturated rings. The maximum atomic E-state index is 12.7. The molecule has 9 heteroatoms. The fourth-order valence-corrected chi connectivity index (χ4v) is 4.93. The van der Waals surface area contributed by atoms with Gasteiger partial charge in [-0.2, -0.15) is 0 Å². The van der Waals surface area contributed by atoms with Gasteiger partial charge in [-0.15, -0.1) is 11.3 Å². The fourth-order valence-electron chi connectivity index (χ4n) is 3.89. The van der Waals surface area contributed by atoms with Crippen LogP contribution in [0.25, 0.3) is 10.2 Å². The third-order valence-electron chi connectivity index (χ3n) is 5.85. The normalized spacial score (nSPS) is 14.1. The molecule has 4 rings (SSSR count). The van der Waals surface area contributed by atoms with Gasteiger partial charge in [-0.25, -0.2) is 9.78 Å². The second-order valence-electron chi connectivity index (χ2n) is 8.14. The van der Waals surface area contributed by atoms with Crippen molar-refractivity contribution in [1.82, 2.24) is 19.8 Å². The van der Waals surface area contributed by atoms with E-state index in [-0.39, 0.29) is 23.9 Å². The van der Waals surface area contributed by atoms with E-state index < -0.39 is 0 Å². The second-order valence-corrected chi connectivity index (χ2v) is 9.35. The fraction of sp³-hybridized carbons (Fsp3) is 0.391. The molecule has 168 valence electrons. The minimum Gasteiger partial charge on any atom is -0.339 e. The quantitative estimate of drug-likeness (QED) is 0.634. The third kappa shape index (κ3) is 4.67. The Morgan fingerprint density at radius 2 is 1.84 bits per heavy atom. The van der Waals surface area contributed by atoms with Crippen LogP contribution in [-0.4, -0.2) is 57.9 Å². The molecule has 0 saturated carbocycles. The lowest BCUT2D eigenvalue weighted by Gasteiger charge is -2.34. The highest BCUT2D eigenvalue weighted by Gasteiger charge is 2.24. The smallest absolute Gasteiger partial charge is 0.321 e. The van der Waals surface area contributed by atoms with E-state index in [4.69, 9.17) is 0 Å². The Bertz CT molecular complexity index is 1220. The summed E-state index contributed by atoms with van der Waals surface area (Å²) in [6, 6.07) is 7.51. The van der Waals surface area contributed by atoms with Crippen LogP contribution >= 0.6 is 11.3 Å². The number of benzene rings is 1. The summed E-state index contributed by atoms with van der Waals surface area (Å²) in [5, 5.41) is 3.55. The highest BCUT2D eigenvalue weighted by molar-refractivity contribution is 7.18. The maximum Gasteiger partial charge on any atom is 0.321 e. The van der Waals surface area contributed by atoms with Crippen LogP contribution in [0.4, 0.5) is 10.5 Å². The van der Waals surface area contributed by atoms with Crippen LogP contribution in [-0.2, 0) is 11.2 Å². The summed E-state index contributed by atoms with van der Waals surface area (Å²) in [7, 11) is 0. The predicted octanol–water partition coefficient (Wildman–Crippen LogP) is 3.22. The van der Waals surface area contributed by atoms with Crippen molar-refractivity contribution in [1.29, 1.82) is 0 Å². The van der Waals surface area contributed by atoms with Gasteiger partial charge >= 0.3 is 6.03 Å². The predicted molar refractivity (Wildman–Crippen MR) is 126 cm³/mol. The van der Waals surface area contributed by atoms with Gasteiger partial charge in [0, 0.05) is 49.6 Å². The van der Waals surface area contributed by atoms with Gasteiger partial charge in [0.25, 0.3) is 5.56 Å². The van der Waals surface area contributed by atoms with Crippen LogP contribution in [0.3, 0.4) is 0 Å². The number of rotatable bonds is 4. The topological polar surface area (TPSA) is 98.4 Å². The number of H-pyrrole nitrogens is 1. The first-order chi connectivity index (χ1) is 15.3. The Morgan fingerprint density at radius 1 is 1.12 bits per heavy atom. The summed E-state index contributed by atoms with van der Waals surface area (Å²) in [5.74, 6) is 0.540. The van der Waals surface area contributed by atoms with Crippen molar-refractivity contribution in [2.24, 2.45) is 0 Å². The van der Waals surface area contributed by atoms with Crippen LogP contribution in [0, 0.1) is 20.8 Å². The Hall–Kier alpha value is -3.20. The van der Waals surface area contributed by atoms with Crippen molar-refractivity contribution >= 4 is 39.2 Å². The van der Waals surface area contributed by atoms with E-state index in [1.807, 2.05) is 45.0 Å². The lowest BCUT2D eigenvalue weighted by Crippen LogP contribution is -2.51. The molecule has 0 atom stereocenters. The summed E-state index contributed by atoms with van der Waals surface area (Å²) in [6.45, 7) is 7.83. The molecule has 0 radical (unpaired) electrons. The molecule has 1 aliphatic heterocycles. The van der Waals surface area contributed by atoms with Gasteiger partial charge in [0.15, 0.2) is 0 Å². The number of nitrogens with one attached hydrogen (secondary N) is 2. The van der Waals surface area contributed by atoms with Crippen LogP contribution in [0.5, 0.6) is 0 Å². The summed E-state index contributed by atoms with van der Waals surface area (Å²) in [4.78, 5) is 50.2. The molecule has 0 unspecified atom stereocenters. The van der Waals surface area contributed by atoms with Crippen molar-refractivity contribution in [3.63, 3.8) is 0 Å². The lowest BCUT2D eigenvalue weighted by molar-refractivity contribution is -0.132. The molecule has 3 amide bonds. The molecule has 2 N–H and O–H groups in total. The molecule has 32 heavy (non-hydrogen) atoms. The van der Waals surface area contributed by atoms with Crippen LogP contribution in [0.2, 0.25) is 0 Å². The van der Waals surface area contributed by atoms with E-state index in [2.05, 4.69) is 15.3 Å². The molecule has 3 heterocycles. The van der Waals surface area contributed by atoms with Gasteiger partial charge in [-0.1, -0.05) is 12.1 Å². The van der Waals surface area contributed by atoms with Crippen LogP contribution in [0.1, 0.15) is 28.2 Å². The molecule has 0 spiro atoms. The van der Waals surface area contributed by atoms with E-state index in [0.29, 0.717) is 43.8 Å². The number of aryl methyl sites for hydroxylation is 4. The third-order valence-corrected chi connectivity index (χ3v) is 6.95. The number of hydrogen-bond acceptors (Lipinski definition) is 5. The molecular formula is C23H27N5O3S. The molecule has 0 aliphatic carbocycles. The number of amides is 3. The number of piperazine rings is 1. The highest BCUT2D eigenvalue weighted by Crippen LogP contribution is 2.25. The summed E-state index contributed by atoms with van der Waals surface area (Å²) in [5.41, 5.74) is 2.67. The number of aromatic nitrogens is 2. The molecule has 1 aliphatic rings. The monoisotopic (exact) mass is 453 g/mol. The second kappa shape index (κ2) is 9.12. The zero-order chi connectivity index (χ0) is 22.8. The zero-order valence-corrected chi connectivity index (χ0v) is 19.3. The number of thiophene rings is 1. The number of carbonyl (C=O) groups is 2. The molecule has 1 saturated heterocycles. The van der Waals surface area contributed by atoms with E-state index >= 15 is 0 Å². The van der Waals surface area contributed by atoms with E-state index in [1.165, 1.54) is 11.3 Å². The zero-order valence-electron chi connectivity index (χ0n) is 18.5. The lowest BCUT2D eigenvalue weighted by atomic mass is 10.2. The van der Waals surface area contributed by atoms with E-state index in [1.54, 1.807) is 9.80 Å². The number of urea groups is 1. The largest absolute Gasteiger partial charge is 0.339 e. The average Bonchev–Trinajstić information content (AvgIpc) is 3.06. The van der Waals surface area contributed by atoms with Gasteiger partial charge in [-0.05, 0) is 44.0 Å². The van der Waals surface area contributed by atoms with Gasteiger partial charge < -0.3 is 20.1 Å². The number of anilines is 1. The summed E-state index contributed by atoms with van der Waals surface area (Å²) in [6.07, 6.45) is 0.654. The number of hydrogen-bond donors (Lipinski definition) is 2. The van der Waals surface area contributed by atoms with E-state index in [9.17, 15) is 14.4 Å². The molecule has 8 nitrogen and oxygen atoms in total. The van der Waals surface area contributed by atoms with Gasteiger partial charge in [0.05, 0.1) is 5.39 Å². The highest BCUT2D eigenvalue weighted by atomic mass is 32.1. The van der Waals surface area contributed by atoms with Gasteiger partial charge in [0.2, 0.25) is 5.91 Å². The molecule has 1 aromatic carbocycles. The number of nitrogens with zero attached hydrogens (tertiary/aromatic N) is 3. The number of aromatic amines is 1. The van der Waals surface area contributed by atoms with Crippen LogP contribution < -0.4 is 10.9 Å². The maximum absolute atomic E-state index is 12.7. The first kappa shape index (κ1) is 22.0. The van der Waals surface area contributed by atoms with Crippen molar-refractivity contribution in [3.8, 4) is 0 Å². The van der Waals surface area contributed by atoms with Crippen molar-refractivity contribution < 1.29 is 9.59 Å². The Labute approximate surface area is 190 Å². The van der Waals surface area contributed by atoms with Gasteiger partial charge in [0.1, 0.15) is 10.7 Å². The minimum absolute atomic E-state index is 0.00466. The van der Waals surface area contributed by atoms with Crippen molar-refractivity contribution in [2.75, 3.05) is 31.5 Å². The van der Waals surface area contributed by atoms with Crippen molar-refractivity contribution in [2.45, 2.75) is 33.6 Å². The first-order valence-corrected chi connectivity index (χ1v) is 11.5. The molecule has 0 bridgehead atoms. The SMILES string of the molecule is Cc1cccc(NC(=O)N2CCN(C(=O)CCc3nc4sc(C)c(C)c4c(=O)[nH]3)CC2)c1. The first-order valence-electron chi connectivity index (χ1n) is 10.7. The van der Waals surface area contributed by atoms with Crippen molar-refractivity contribution in [3.05, 3.63) is 56.4 Å². The minimum atomic E-state index is -0.153. The molecule has 2 aromatic heterocycles. The number of carbonyl (C=O) groups excluding carboxylic acids is 2. The molecular weight excluding hydrogens is 426 g/mol. The van der Waals surface area contributed by atoms with E-state index in [0.717, 1.165) is 26.5 Å². The van der Waals surface area contributed by atoms with Gasteiger partial charge in [-0.3, -0.25) is 9.59 Å². The Morgan fingerprint density at radius 3 is 2.56 bits per heavy atom. The standard InChI is InChI=1S/C23H27N5O3S/c1-14-5-4-6-17(13-14)24-23(31)28-11-9-27(10-12-28)19(29)8-7-18-25-21(30)20-15(2)16(3)32-22(20)26-18/h4-6,13H,7-12H2,1-3H3,(H,24,31)(H,25,26,30). The Kier molecular flexibility index (Phi) is 6.27.